The summed E-state index contributed by atoms with van der Waals surface area (Å²) in [5, 5.41) is 2.99. The van der Waals surface area contributed by atoms with Gasteiger partial charge in [0.1, 0.15) is 6.10 Å². The van der Waals surface area contributed by atoms with E-state index in [2.05, 4.69) is 15.0 Å². The standard InChI is InChI=1S/C17H18N4O3S/c1-10-8-20-15(22)13-12(9-19-14(10)13)16(23)21-5-2-11(3-6-21)24-17-18-4-7-25-17/h4,7-9,11,19H,2-3,5-6H2,1H3,(H,20,22). The fourth-order valence-electron chi connectivity index (χ4n) is 3.22. The molecule has 1 fully saturated rings. The summed E-state index contributed by atoms with van der Waals surface area (Å²) in [6.45, 7) is 3.10. The lowest BCUT2D eigenvalue weighted by Crippen LogP contribution is -2.41. The monoisotopic (exact) mass is 358 g/mol. The van der Waals surface area contributed by atoms with Gasteiger partial charge in [-0.15, -0.1) is 0 Å². The van der Waals surface area contributed by atoms with Gasteiger partial charge in [-0.2, -0.15) is 0 Å². The molecular weight excluding hydrogens is 340 g/mol. The number of nitrogens with zero attached hydrogens (tertiary/aromatic N) is 2. The van der Waals surface area contributed by atoms with E-state index in [1.54, 1.807) is 23.5 Å². The van der Waals surface area contributed by atoms with Crippen molar-refractivity contribution in [1.29, 1.82) is 0 Å². The number of fused-ring (bicyclic) bond motifs is 1. The second kappa shape index (κ2) is 6.36. The average molecular weight is 358 g/mol. The third kappa shape index (κ3) is 2.93. The van der Waals surface area contributed by atoms with Crippen molar-refractivity contribution in [3.63, 3.8) is 0 Å². The van der Waals surface area contributed by atoms with Crippen molar-refractivity contribution in [3.05, 3.63) is 45.5 Å². The molecule has 0 saturated carbocycles. The van der Waals surface area contributed by atoms with Crippen LogP contribution in [0.1, 0.15) is 28.8 Å². The number of rotatable bonds is 3. The van der Waals surface area contributed by atoms with Gasteiger partial charge in [0.2, 0.25) is 0 Å². The molecule has 0 aromatic carbocycles. The first kappa shape index (κ1) is 15.9. The number of carbonyl (C=O) groups is 1. The van der Waals surface area contributed by atoms with E-state index in [1.165, 1.54) is 11.3 Å². The van der Waals surface area contributed by atoms with Crippen LogP contribution in [0.2, 0.25) is 0 Å². The largest absolute Gasteiger partial charge is 0.467 e. The molecule has 1 aliphatic heterocycles. The molecule has 7 nitrogen and oxygen atoms in total. The number of carbonyl (C=O) groups excluding carboxylic acids is 1. The number of nitrogens with one attached hydrogen (secondary N) is 2. The molecule has 3 aromatic rings. The van der Waals surface area contributed by atoms with Crippen molar-refractivity contribution in [1.82, 2.24) is 19.9 Å². The number of hydrogen-bond acceptors (Lipinski definition) is 5. The Morgan fingerprint density at radius 2 is 2.12 bits per heavy atom. The fraction of sp³-hybridized carbons (Fsp3) is 0.353. The van der Waals surface area contributed by atoms with E-state index in [0.717, 1.165) is 18.4 Å². The summed E-state index contributed by atoms with van der Waals surface area (Å²) in [6.07, 6.45) is 6.58. The summed E-state index contributed by atoms with van der Waals surface area (Å²) >= 11 is 1.47. The Bertz CT molecular complexity index is 952. The van der Waals surface area contributed by atoms with Crippen molar-refractivity contribution in [2.45, 2.75) is 25.9 Å². The predicted octanol–water partition coefficient (Wildman–Crippen LogP) is 2.30. The molecule has 1 saturated heterocycles. The SMILES string of the molecule is Cc1c[nH]c(=O)c2c(C(=O)N3CCC(Oc4nccs4)CC3)c[nH]c12. The topological polar surface area (TPSA) is 91.1 Å². The van der Waals surface area contributed by atoms with Crippen molar-refractivity contribution >= 4 is 28.1 Å². The number of likely N-dealkylation sites (tertiary alicyclic amines) is 1. The summed E-state index contributed by atoms with van der Waals surface area (Å²) in [4.78, 5) is 36.7. The van der Waals surface area contributed by atoms with E-state index in [-0.39, 0.29) is 17.6 Å². The molecule has 1 amide bonds. The Morgan fingerprint density at radius 3 is 2.84 bits per heavy atom. The number of aryl methyl sites for hydroxylation is 1. The zero-order valence-corrected chi connectivity index (χ0v) is 14.6. The maximum atomic E-state index is 12.9. The molecule has 0 bridgehead atoms. The Hall–Kier alpha value is -2.61. The molecule has 8 heteroatoms. The molecule has 0 spiro atoms. The molecule has 0 unspecified atom stereocenters. The molecule has 130 valence electrons. The summed E-state index contributed by atoms with van der Waals surface area (Å²) in [5.74, 6) is -0.116. The lowest BCUT2D eigenvalue weighted by Gasteiger charge is -2.31. The number of aromatic nitrogens is 3. The number of ether oxygens (including phenoxy) is 1. The van der Waals surface area contributed by atoms with Crippen LogP contribution in [0, 0.1) is 6.92 Å². The van der Waals surface area contributed by atoms with Gasteiger partial charge in [0.05, 0.1) is 16.5 Å². The summed E-state index contributed by atoms with van der Waals surface area (Å²) < 4.78 is 5.83. The smallest absolute Gasteiger partial charge is 0.273 e. The zero-order valence-electron chi connectivity index (χ0n) is 13.7. The van der Waals surface area contributed by atoms with Crippen molar-refractivity contribution in [2.24, 2.45) is 0 Å². The van der Waals surface area contributed by atoms with Crippen LogP contribution in [0.4, 0.5) is 0 Å². The Balaban J connectivity index is 1.49. The van der Waals surface area contributed by atoms with Gasteiger partial charge in [0, 0.05) is 49.9 Å². The van der Waals surface area contributed by atoms with Crippen molar-refractivity contribution in [2.75, 3.05) is 13.1 Å². The lowest BCUT2D eigenvalue weighted by molar-refractivity contribution is 0.0597. The molecule has 4 rings (SSSR count). The van der Waals surface area contributed by atoms with Gasteiger partial charge >= 0.3 is 0 Å². The molecule has 0 aliphatic carbocycles. The summed E-state index contributed by atoms with van der Waals surface area (Å²) in [7, 11) is 0. The van der Waals surface area contributed by atoms with E-state index >= 15 is 0 Å². The first-order valence-corrected chi connectivity index (χ1v) is 9.06. The number of pyridine rings is 1. The van der Waals surface area contributed by atoms with E-state index in [9.17, 15) is 9.59 Å². The highest BCUT2D eigenvalue weighted by Gasteiger charge is 2.27. The van der Waals surface area contributed by atoms with E-state index in [4.69, 9.17) is 4.74 Å². The van der Waals surface area contributed by atoms with Gasteiger partial charge in [0.25, 0.3) is 16.7 Å². The minimum Gasteiger partial charge on any atom is -0.467 e. The first-order valence-electron chi connectivity index (χ1n) is 8.18. The number of H-pyrrole nitrogens is 2. The normalized spacial score (nSPS) is 15.6. The second-order valence-corrected chi connectivity index (χ2v) is 7.02. The molecule has 2 N–H and O–H groups in total. The molecule has 3 aromatic heterocycles. The minimum absolute atomic E-state index is 0.0730. The third-order valence-corrected chi connectivity index (χ3v) is 5.22. The average Bonchev–Trinajstić information content (AvgIpc) is 3.28. The Kier molecular flexibility index (Phi) is 4.04. The summed E-state index contributed by atoms with van der Waals surface area (Å²) in [5.41, 5.74) is 1.81. The van der Waals surface area contributed by atoms with Crippen LogP contribution < -0.4 is 10.3 Å². The number of piperidine rings is 1. The highest BCUT2D eigenvalue weighted by atomic mass is 32.1. The van der Waals surface area contributed by atoms with Crippen LogP contribution in [0.15, 0.2) is 28.8 Å². The predicted molar refractivity (Wildman–Crippen MR) is 95.3 cm³/mol. The molecular formula is C17H18N4O3S. The van der Waals surface area contributed by atoms with Crippen molar-refractivity contribution in [3.8, 4) is 5.19 Å². The van der Waals surface area contributed by atoms with Gasteiger partial charge in [-0.05, 0) is 12.5 Å². The van der Waals surface area contributed by atoms with Crippen LogP contribution in [0.3, 0.4) is 0 Å². The van der Waals surface area contributed by atoms with Gasteiger partial charge in [0.15, 0.2) is 0 Å². The molecule has 4 heterocycles. The van der Waals surface area contributed by atoms with Gasteiger partial charge in [-0.25, -0.2) is 4.98 Å². The Morgan fingerprint density at radius 1 is 1.32 bits per heavy atom. The lowest BCUT2D eigenvalue weighted by atomic mass is 10.1. The maximum absolute atomic E-state index is 12.9. The van der Waals surface area contributed by atoms with Gasteiger partial charge in [-0.3, -0.25) is 9.59 Å². The highest BCUT2D eigenvalue weighted by Crippen LogP contribution is 2.23. The second-order valence-electron chi connectivity index (χ2n) is 6.16. The molecule has 0 atom stereocenters. The van der Waals surface area contributed by atoms with Gasteiger partial charge in [-0.1, -0.05) is 11.3 Å². The molecule has 0 radical (unpaired) electrons. The van der Waals surface area contributed by atoms with E-state index < -0.39 is 0 Å². The molecule has 25 heavy (non-hydrogen) atoms. The van der Waals surface area contributed by atoms with Crippen LogP contribution in [0.25, 0.3) is 10.9 Å². The van der Waals surface area contributed by atoms with Crippen LogP contribution >= 0.6 is 11.3 Å². The summed E-state index contributed by atoms with van der Waals surface area (Å²) in [6, 6.07) is 0. The number of amides is 1. The highest BCUT2D eigenvalue weighted by molar-refractivity contribution is 7.11. The van der Waals surface area contributed by atoms with Crippen LogP contribution in [-0.4, -0.2) is 45.0 Å². The number of hydrogen-bond donors (Lipinski definition) is 2. The fourth-order valence-corrected chi connectivity index (χ4v) is 3.77. The van der Waals surface area contributed by atoms with E-state index in [0.29, 0.717) is 34.7 Å². The Labute approximate surface area is 147 Å². The van der Waals surface area contributed by atoms with Crippen LogP contribution in [0.5, 0.6) is 5.19 Å². The zero-order chi connectivity index (χ0) is 17.4. The quantitative estimate of drug-likeness (QED) is 0.752. The number of thiazole rings is 1. The van der Waals surface area contributed by atoms with Crippen LogP contribution in [-0.2, 0) is 0 Å². The minimum atomic E-state index is -0.243. The van der Waals surface area contributed by atoms with Crippen molar-refractivity contribution < 1.29 is 9.53 Å². The number of aromatic amines is 2. The third-order valence-electron chi connectivity index (χ3n) is 4.56. The van der Waals surface area contributed by atoms with Gasteiger partial charge < -0.3 is 19.6 Å². The van der Waals surface area contributed by atoms with E-state index in [1.807, 2.05) is 12.3 Å². The maximum Gasteiger partial charge on any atom is 0.273 e. The first-order chi connectivity index (χ1) is 12.1. The molecule has 1 aliphatic rings.